The maximum Gasteiger partial charge on any atom is 0.0923 e. The van der Waals surface area contributed by atoms with Gasteiger partial charge in [-0.05, 0) is 98.0 Å². The molecule has 0 bridgehead atoms. The molecule has 7 aromatic rings. The fraction of sp³-hybridized carbons (Fsp3) is 0.0980. The van der Waals surface area contributed by atoms with E-state index in [2.05, 4.69) is 219 Å². The quantitative estimate of drug-likeness (QED) is 0.164. The van der Waals surface area contributed by atoms with E-state index in [9.17, 15) is 0 Å². The molecule has 0 saturated carbocycles. The van der Waals surface area contributed by atoms with Crippen LogP contribution in [0.3, 0.4) is 0 Å². The van der Waals surface area contributed by atoms with Gasteiger partial charge >= 0.3 is 0 Å². The fourth-order valence-electron chi connectivity index (χ4n) is 8.55. The molecule has 1 unspecified atom stereocenters. The molecule has 9 rings (SSSR count). The van der Waals surface area contributed by atoms with Gasteiger partial charge < -0.3 is 4.90 Å². The molecular weight excluding hydrogens is 627 g/mol. The van der Waals surface area contributed by atoms with Crippen LogP contribution in [0.1, 0.15) is 42.5 Å². The highest BCUT2D eigenvalue weighted by Crippen LogP contribution is 2.52. The first-order chi connectivity index (χ1) is 25.5. The maximum atomic E-state index is 2.57. The minimum Gasteiger partial charge on any atom is -0.327 e. The van der Waals surface area contributed by atoms with Crippen LogP contribution in [-0.2, 0) is 11.0 Å². The topological polar surface area (TPSA) is 3.24 Å². The van der Waals surface area contributed by atoms with Gasteiger partial charge in [0.15, 0.2) is 0 Å². The molecule has 0 aliphatic heterocycles. The van der Waals surface area contributed by atoms with E-state index in [1.54, 1.807) is 0 Å². The van der Waals surface area contributed by atoms with Crippen molar-refractivity contribution < 1.29 is 0 Å². The highest BCUT2D eigenvalue weighted by atomic mass is 15.2. The van der Waals surface area contributed by atoms with Crippen molar-refractivity contribution in [2.75, 3.05) is 4.90 Å². The Kier molecular flexibility index (Phi) is 7.86. The van der Waals surface area contributed by atoms with Crippen molar-refractivity contribution in [3.63, 3.8) is 0 Å². The second kappa shape index (κ2) is 12.9. The van der Waals surface area contributed by atoms with E-state index >= 15 is 0 Å². The number of allylic oxidation sites excluding steroid dienone is 2. The molecule has 0 spiro atoms. The van der Waals surface area contributed by atoms with Crippen LogP contribution in [0.15, 0.2) is 200 Å². The third kappa shape index (κ3) is 5.33. The van der Waals surface area contributed by atoms with Gasteiger partial charge in [0.2, 0.25) is 0 Å². The summed E-state index contributed by atoms with van der Waals surface area (Å²) in [4.78, 5) is 2.57. The summed E-state index contributed by atoms with van der Waals surface area (Å²) in [6, 6.07) is 66.4. The molecule has 1 atom stereocenters. The molecule has 0 radical (unpaired) electrons. The third-order valence-corrected chi connectivity index (χ3v) is 11.2. The Morgan fingerprint density at radius 3 is 1.73 bits per heavy atom. The SMILES string of the molecule is CC1(C)c2ccccc2-c2ccc(N(c3ccccc3)C3(c4ccccc4)C=CC(c4cc(-c5ccccc5)ccc4-c4ccccc4)=CC3)cc21. The van der Waals surface area contributed by atoms with E-state index in [-0.39, 0.29) is 5.41 Å². The average Bonchev–Trinajstić information content (AvgIpc) is 3.45. The summed E-state index contributed by atoms with van der Waals surface area (Å²) in [5.41, 5.74) is 15.9. The van der Waals surface area contributed by atoms with Crippen LogP contribution < -0.4 is 4.90 Å². The average molecular weight is 668 g/mol. The predicted molar refractivity (Wildman–Crippen MR) is 220 cm³/mol. The van der Waals surface area contributed by atoms with Crippen LogP contribution in [0.4, 0.5) is 11.4 Å². The van der Waals surface area contributed by atoms with E-state index in [0.717, 1.165) is 12.1 Å². The first-order valence-corrected chi connectivity index (χ1v) is 18.3. The number of hydrogen-bond donors (Lipinski definition) is 0. The highest BCUT2D eigenvalue weighted by Gasteiger charge is 2.41. The second-order valence-electron chi connectivity index (χ2n) is 14.6. The van der Waals surface area contributed by atoms with Gasteiger partial charge in [-0.15, -0.1) is 0 Å². The standard InChI is InChI=1S/C51H41N/c1-50(2)48-26-16-15-25-45(48)46-30-28-43(36-49(46)50)52(42-23-13-6-14-24-42)51(41-21-11-5-12-22-41)33-31-39(32-34-51)47-35-40(37-17-7-3-8-18-37)27-29-44(47)38-19-9-4-10-20-38/h3-33,35-36H,34H2,1-2H3. The third-order valence-electron chi connectivity index (χ3n) is 11.2. The Labute approximate surface area is 307 Å². The van der Waals surface area contributed by atoms with Gasteiger partial charge in [0, 0.05) is 16.8 Å². The Balaban J connectivity index is 1.21. The van der Waals surface area contributed by atoms with Gasteiger partial charge in [-0.1, -0.05) is 184 Å². The van der Waals surface area contributed by atoms with Gasteiger partial charge in [-0.25, -0.2) is 0 Å². The molecule has 0 saturated heterocycles. The van der Waals surface area contributed by atoms with Gasteiger partial charge in [-0.2, -0.15) is 0 Å². The summed E-state index contributed by atoms with van der Waals surface area (Å²) >= 11 is 0. The van der Waals surface area contributed by atoms with Crippen LogP contribution in [0.5, 0.6) is 0 Å². The molecule has 1 nitrogen and oxygen atoms in total. The molecular formula is C51H41N. The molecule has 2 aliphatic rings. The molecule has 0 N–H and O–H groups in total. The molecule has 1 heteroatoms. The number of rotatable bonds is 7. The van der Waals surface area contributed by atoms with E-state index < -0.39 is 5.54 Å². The van der Waals surface area contributed by atoms with Crippen molar-refractivity contribution in [2.45, 2.75) is 31.2 Å². The minimum absolute atomic E-state index is 0.0999. The van der Waals surface area contributed by atoms with Crippen molar-refractivity contribution in [1.82, 2.24) is 0 Å². The zero-order chi connectivity index (χ0) is 35.1. The smallest absolute Gasteiger partial charge is 0.0923 e. The Hall–Kier alpha value is -6.18. The summed E-state index contributed by atoms with van der Waals surface area (Å²) in [5.74, 6) is 0. The van der Waals surface area contributed by atoms with Crippen LogP contribution in [0.2, 0.25) is 0 Å². The molecule has 52 heavy (non-hydrogen) atoms. The molecule has 2 aliphatic carbocycles. The Bertz CT molecular complexity index is 2440. The van der Waals surface area contributed by atoms with Gasteiger partial charge in [0.25, 0.3) is 0 Å². The summed E-state index contributed by atoms with van der Waals surface area (Å²) < 4.78 is 0. The number of para-hydroxylation sites is 1. The maximum absolute atomic E-state index is 2.57. The van der Waals surface area contributed by atoms with E-state index in [4.69, 9.17) is 0 Å². The lowest BCUT2D eigenvalue weighted by molar-refractivity contribution is 0.547. The molecule has 0 heterocycles. The zero-order valence-corrected chi connectivity index (χ0v) is 29.7. The summed E-state index contributed by atoms with van der Waals surface area (Å²) in [6.45, 7) is 4.73. The molecule has 0 aromatic heterocycles. The van der Waals surface area contributed by atoms with E-state index in [0.29, 0.717) is 0 Å². The lowest BCUT2D eigenvalue weighted by Crippen LogP contribution is -2.42. The van der Waals surface area contributed by atoms with Crippen molar-refractivity contribution in [3.8, 4) is 33.4 Å². The molecule has 7 aromatic carbocycles. The van der Waals surface area contributed by atoms with Crippen LogP contribution in [0, 0.1) is 0 Å². The largest absolute Gasteiger partial charge is 0.327 e. The lowest BCUT2D eigenvalue weighted by Gasteiger charge is -2.45. The summed E-state index contributed by atoms with van der Waals surface area (Å²) in [6.07, 6.45) is 8.09. The molecule has 250 valence electrons. The van der Waals surface area contributed by atoms with Crippen molar-refractivity contribution >= 4 is 16.9 Å². The van der Waals surface area contributed by atoms with Gasteiger partial charge in [-0.3, -0.25) is 0 Å². The number of fused-ring (bicyclic) bond motifs is 3. The minimum atomic E-state index is -0.472. The van der Waals surface area contributed by atoms with Crippen LogP contribution in [0.25, 0.3) is 39.0 Å². The fourth-order valence-corrected chi connectivity index (χ4v) is 8.55. The highest BCUT2D eigenvalue weighted by molar-refractivity contribution is 5.90. The molecule has 0 amide bonds. The van der Waals surface area contributed by atoms with Crippen LogP contribution >= 0.6 is 0 Å². The zero-order valence-electron chi connectivity index (χ0n) is 29.7. The van der Waals surface area contributed by atoms with Crippen molar-refractivity contribution in [3.05, 3.63) is 222 Å². The number of hydrogen-bond acceptors (Lipinski definition) is 1. The normalized spacial score (nSPS) is 16.8. The van der Waals surface area contributed by atoms with Crippen molar-refractivity contribution in [2.24, 2.45) is 0 Å². The first kappa shape index (κ1) is 31.8. The first-order valence-electron chi connectivity index (χ1n) is 18.3. The Morgan fingerprint density at radius 2 is 1.04 bits per heavy atom. The Morgan fingerprint density at radius 1 is 0.442 bits per heavy atom. The number of nitrogens with zero attached hydrogens (tertiary/aromatic N) is 1. The monoisotopic (exact) mass is 667 g/mol. The van der Waals surface area contributed by atoms with Crippen molar-refractivity contribution in [1.29, 1.82) is 0 Å². The van der Waals surface area contributed by atoms with Gasteiger partial charge in [0.1, 0.15) is 0 Å². The number of anilines is 2. The second-order valence-corrected chi connectivity index (χ2v) is 14.6. The van der Waals surface area contributed by atoms with Crippen LogP contribution in [-0.4, -0.2) is 0 Å². The van der Waals surface area contributed by atoms with E-state index in [1.165, 1.54) is 66.9 Å². The lowest BCUT2D eigenvalue weighted by atomic mass is 9.77. The number of benzene rings is 7. The van der Waals surface area contributed by atoms with Gasteiger partial charge in [0.05, 0.1) is 5.54 Å². The summed E-state index contributed by atoms with van der Waals surface area (Å²) in [5, 5.41) is 0. The van der Waals surface area contributed by atoms with E-state index in [1.807, 2.05) is 0 Å². The summed E-state index contributed by atoms with van der Waals surface area (Å²) in [7, 11) is 0. The predicted octanol–water partition coefficient (Wildman–Crippen LogP) is 13.4. The molecule has 0 fully saturated rings.